The quantitative estimate of drug-likeness (QED) is 0.133. The van der Waals surface area contributed by atoms with Crippen LogP contribution in [0, 0.1) is 35.5 Å². The zero-order valence-electron chi connectivity index (χ0n) is 24.0. The Labute approximate surface area is 232 Å². The third-order valence-corrected chi connectivity index (χ3v) is 8.69. The second-order valence-corrected chi connectivity index (χ2v) is 11.5. The van der Waals surface area contributed by atoms with Crippen molar-refractivity contribution in [1.29, 1.82) is 0 Å². The van der Waals surface area contributed by atoms with Crippen molar-refractivity contribution in [3.63, 3.8) is 0 Å². The monoisotopic (exact) mass is 542 g/mol. The maximum absolute atomic E-state index is 14.2. The van der Waals surface area contributed by atoms with Crippen LogP contribution in [0.2, 0.25) is 0 Å². The molecule has 39 heavy (non-hydrogen) atoms. The number of unbranched alkanes of at least 4 members (excludes halogenated alkanes) is 2. The highest BCUT2D eigenvalue weighted by molar-refractivity contribution is 6.33. The van der Waals surface area contributed by atoms with Gasteiger partial charge in [-0.2, -0.15) is 0 Å². The molecular formula is C31H46N2O6. The Kier molecular flexibility index (Phi) is 10.8. The Balaban J connectivity index is 1.86. The molecule has 8 heteroatoms. The van der Waals surface area contributed by atoms with E-state index in [1.165, 1.54) is 0 Å². The second-order valence-electron chi connectivity index (χ2n) is 11.5. The summed E-state index contributed by atoms with van der Waals surface area (Å²) in [5.41, 5.74) is -1.25. The largest absolute Gasteiger partial charge is 0.385 e. The van der Waals surface area contributed by atoms with Crippen molar-refractivity contribution in [1.82, 2.24) is 10.6 Å². The molecule has 7 atom stereocenters. The predicted molar refractivity (Wildman–Crippen MR) is 149 cm³/mol. The SMILES string of the molecule is C=CC(CCCCC)C1=C(C(=O)C2C(C)C=CC3(O)CC(C(=O)NCCCOCC)CC(C)C23)C(=O)NC1=O. The molecule has 0 aromatic heterocycles. The van der Waals surface area contributed by atoms with Crippen LogP contribution < -0.4 is 10.6 Å². The summed E-state index contributed by atoms with van der Waals surface area (Å²) in [6, 6.07) is 0. The van der Waals surface area contributed by atoms with Gasteiger partial charge in [-0.3, -0.25) is 24.5 Å². The first-order valence-electron chi connectivity index (χ1n) is 14.6. The normalized spacial score (nSPS) is 31.1. The summed E-state index contributed by atoms with van der Waals surface area (Å²) in [6.45, 7) is 13.5. The highest BCUT2D eigenvalue weighted by atomic mass is 16.5. The predicted octanol–water partition coefficient (Wildman–Crippen LogP) is 3.65. The van der Waals surface area contributed by atoms with E-state index in [4.69, 9.17) is 4.74 Å². The zero-order chi connectivity index (χ0) is 28.7. The molecule has 1 saturated carbocycles. The van der Waals surface area contributed by atoms with Crippen LogP contribution in [-0.2, 0) is 23.9 Å². The van der Waals surface area contributed by atoms with Gasteiger partial charge in [-0.15, -0.1) is 6.58 Å². The average Bonchev–Trinajstić information content (AvgIpc) is 3.19. The first-order valence-corrected chi connectivity index (χ1v) is 14.6. The van der Waals surface area contributed by atoms with E-state index in [1.54, 1.807) is 12.2 Å². The van der Waals surface area contributed by atoms with Crippen molar-refractivity contribution in [2.75, 3.05) is 19.8 Å². The Morgan fingerprint density at radius 3 is 2.64 bits per heavy atom. The summed E-state index contributed by atoms with van der Waals surface area (Å²) >= 11 is 0. The summed E-state index contributed by atoms with van der Waals surface area (Å²) in [4.78, 5) is 53.0. The van der Waals surface area contributed by atoms with Crippen LogP contribution >= 0.6 is 0 Å². The van der Waals surface area contributed by atoms with Crippen LogP contribution in [0.5, 0.6) is 0 Å². The average molecular weight is 543 g/mol. The van der Waals surface area contributed by atoms with Gasteiger partial charge < -0.3 is 15.2 Å². The molecule has 1 heterocycles. The molecule has 3 amide bonds. The van der Waals surface area contributed by atoms with Gasteiger partial charge in [0.15, 0.2) is 5.78 Å². The van der Waals surface area contributed by atoms with Crippen LogP contribution in [0.25, 0.3) is 0 Å². The second kappa shape index (κ2) is 13.7. The number of hydrogen-bond donors (Lipinski definition) is 3. The van der Waals surface area contributed by atoms with E-state index in [-0.39, 0.29) is 35.3 Å². The van der Waals surface area contributed by atoms with Crippen molar-refractivity contribution in [2.24, 2.45) is 35.5 Å². The van der Waals surface area contributed by atoms with Gasteiger partial charge in [0.05, 0.1) is 11.2 Å². The first-order chi connectivity index (χ1) is 18.6. The van der Waals surface area contributed by atoms with Gasteiger partial charge in [0.25, 0.3) is 11.8 Å². The molecule has 0 aromatic carbocycles. The molecule has 216 valence electrons. The van der Waals surface area contributed by atoms with E-state index in [1.807, 2.05) is 26.8 Å². The lowest BCUT2D eigenvalue weighted by atomic mass is 9.55. The summed E-state index contributed by atoms with van der Waals surface area (Å²) in [6.07, 6.45) is 10.1. The molecule has 3 rings (SSSR count). The van der Waals surface area contributed by atoms with Crippen molar-refractivity contribution in [3.8, 4) is 0 Å². The van der Waals surface area contributed by atoms with E-state index in [0.29, 0.717) is 39.0 Å². The molecule has 0 spiro atoms. The molecule has 7 unspecified atom stereocenters. The third kappa shape index (κ3) is 6.77. The number of carbonyl (C=O) groups is 4. The Bertz CT molecular complexity index is 1020. The standard InChI is InChI=1S/C31H46N2O6/c1-6-9-10-12-21(7-2)24-25(30(37)33-29(24)36)27(34)23-19(4)13-14-31(38)18-22(17-20(5)26(23)31)28(35)32-15-11-16-39-8-3/h7,13-14,19-23,26,38H,2,6,8-12,15-18H2,1,3-5H3,(H,32,35)(H,33,36,37). The van der Waals surface area contributed by atoms with Gasteiger partial charge in [0.2, 0.25) is 5.91 Å². The van der Waals surface area contributed by atoms with Gasteiger partial charge >= 0.3 is 0 Å². The number of ketones is 1. The van der Waals surface area contributed by atoms with E-state index < -0.39 is 46.9 Å². The smallest absolute Gasteiger partial charge is 0.262 e. The molecule has 1 fully saturated rings. The fourth-order valence-electron chi connectivity index (χ4n) is 6.82. The number of ether oxygens (including phenoxy) is 1. The lowest BCUT2D eigenvalue weighted by Crippen LogP contribution is -2.56. The van der Waals surface area contributed by atoms with Gasteiger partial charge in [-0.1, -0.05) is 58.3 Å². The highest BCUT2D eigenvalue weighted by Crippen LogP contribution is 2.51. The van der Waals surface area contributed by atoms with Crippen molar-refractivity contribution in [2.45, 2.75) is 78.2 Å². The van der Waals surface area contributed by atoms with Crippen molar-refractivity contribution >= 4 is 23.5 Å². The summed E-state index contributed by atoms with van der Waals surface area (Å²) in [5.74, 6) is -4.06. The number of aliphatic hydroxyl groups is 1. The number of nitrogens with one attached hydrogen (secondary N) is 2. The number of imide groups is 1. The Morgan fingerprint density at radius 2 is 1.97 bits per heavy atom. The number of allylic oxidation sites excluding steroid dienone is 2. The molecule has 2 aliphatic carbocycles. The van der Waals surface area contributed by atoms with Crippen molar-refractivity contribution < 1.29 is 29.0 Å². The van der Waals surface area contributed by atoms with Gasteiger partial charge in [-0.25, -0.2) is 0 Å². The fraction of sp³-hybridized carbons (Fsp3) is 0.677. The molecule has 0 radical (unpaired) electrons. The number of fused-ring (bicyclic) bond motifs is 1. The topological polar surface area (TPSA) is 122 Å². The number of Topliss-reactive ketones (excluding diaryl/α,β-unsaturated/α-hetero) is 1. The first kappa shape index (κ1) is 31.0. The molecule has 3 N–H and O–H groups in total. The van der Waals surface area contributed by atoms with E-state index in [2.05, 4.69) is 24.1 Å². The summed E-state index contributed by atoms with van der Waals surface area (Å²) < 4.78 is 5.33. The fourth-order valence-corrected chi connectivity index (χ4v) is 6.82. The van der Waals surface area contributed by atoms with Crippen molar-refractivity contribution in [3.05, 3.63) is 36.0 Å². The molecular weight excluding hydrogens is 496 g/mol. The number of rotatable bonds is 14. The van der Waals surface area contributed by atoms with Crippen LogP contribution in [0.4, 0.5) is 0 Å². The molecule has 0 bridgehead atoms. The molecule has 3 aliphatic rings. The maximum Gasteiger partial charge on any atom is 0.262 e. The minimum Gasteiger partial charge on any atom is -0.385 e. The summed E-state index contributed by atoms with van der Waals surface area (Å²) in [7, 11) is 0. The molecule has 8 nitrogen and oxygen atoms in total. The minimum atomic E-state index is -1.36. The van der Waals surface area contributed by atoms with E-state index in [0.717, 1.165) is 19.3 Å². The number of amides is 3. The van der Waals surface area contributed by atoms with E-state index in [9.17, 15) is 24.3 Å². The zero-order valence-corrected chi connectivity index (χ0v) is 24.0. The van der Waals surface area contributed by atoms with Gasteiger partial charge in [0, 0.05) is 49.0 Å². The third-order valence-electron chi connectivity index (χ3n) is 8.69. The molecule has 1 aliphatic heterocycles. The van der Waals surface area contributed by atoms with Crippen LogP contribution in [0.15, 0.2) is 36.0 Å². The van der Waals surface area contributed by atoms with Crippen LogP contribution in [0.3, 0.4) is 0 Å². The molecule has 0 saturated heterocycles. The number of hydrogen-bond acceptors (Lipinski definition) is 6. The molecule has 0 aromatic rings. The lowest BCUT2D eigenvalue weighted by molar-refractivity contribution is -0.144. The Hall–Kier alpha value is -2.58. The van der Waals surface area contributed by atoms with Gasteiger partial charge in [0.1, 0.15) is 0 Å². The van der Waals surface area contributed by atoms with Gasteiger partial charge in [-0.05, 0) is 44.4 Å². The minimum absolute atomic E-state index is 0.0859. The summed E-state index contributed by atoms with van der Waals surface area (Å²) in [5, 5.41) is 17.1. The van der Waals surface area contributed by atoms with Crippen LogP contribution in [-0.4, -0.2) is 54.0 Å². The van der Waals surface area contributed by atoms with E-state index >= 15 is 0 Å². The lowest BCUT2D eigenvalue weighted by Gasteiger charge is -2.51. The number of carbonyl (C=O) groups excluding carboxylic acids is 4. The maximum atomic E-state index is 14.2. The van der Waals surface area contributed by atoms with Crippen LogP contribution in [0.1, 0.15) is 72.6 Å². The highest BCUT2D eigenvalue weighted by Gasteiger charge is 2.55. The Morgan fingerprint density at radius 1 is 1.23 bits per heavy atom.